The van der Waals surface area contributed by atoms with Gasteiger partial charge in [0.1, 0.15) is 28.6 Å². The number of phenolic OH excluding ortho intramolecular Hbond substituents is 2. The first-order chi connectivity index (χ1) is 13.5. The maximum absolute atomic E-state index is 12.9. The second-order valence-corrected chi connectivity index (χ2v) is 8.23. The van der Waals surface area contributed by atoms with Gasteiger partial charge in [0, 0.05) is 29.0 Å². The summed E-state index contributed by atoms with van der Waals surface area (Å²) in [6.45, 7) is 10.8. The Morgan fingerprint density at radius 1 is 1.21 bits per heavy atom. The lowest BCUT2D eigenvalue weighted by atomic mass is 9.90. The Morgan fingerprint density at radius 3 is 2.38 bits per heavy atom. The van der Waals surface area contributed by atoms with Gasteiger partial charge in [-0.1, -0.05) is 32.4 Å². The van der Waals surface area contributed by atoms with E-state index in [4.69, 9.17) is 9.47 Å². The number of hydrogen-bond donors (Lipinski definition) is 2. The van der Waals surface area contributed by atoms with Gasteiger partial charge in [0.25, 0.3) is 0 Å². The third kappa shape index (κ3) is 3.20. The van der Waals surface area contributed by atoms with E-state index in [1.54, 1.807) is 20.8 Å². The van der Waals surface area contributed by atoms with Crippen LogP contribution in [0.1, 0.15) is 69.4 Å². The third-order valence-corrected chi connectivity index (χ3v) is 5.47. The van der Waals surface area contributed by atoms with Crippen molar-refractivity contribution in [1.82, 2.24) is 0 Å². The molecule has 6 heteroatoms. The van der Waals surface area contributed by atoms with E-state index >= 15 is 0 Å². The monoisotopic (exact) mass is 400 g/mol. The second-order valence-electron chi connectivity index (χ2n) is 8.23. The van der Waals surface area contributed by atoms with Crippen LogP contribution in [-0.4, -0.2) is 27.6 Å². The lowest BCUT2D eigenvalue weighted by Crippen LogP contribution is -2.42. The van der Waals surface area contributed by atoms with Gasteiger partial charge in [0.15, 0.2) is 5.78 Å². The van der Waals surface area contributed by atoms with E-state index in [1.165, 1.54) is 0 Å². The summed E-state index contributed by atoms with van der Waals surface area (Å²) in [5.41, 5.74) is 2.06. The molecule has 0 aliphatic carbocycles. The van der Waals surface area contributed by atoms with Crippen molar-refractivity contribution in [2.45, 2.75) is 66.6 Å². The number of ether oxygens (including phenoxy) is 2. The van der Waals surface area contributed by atoms with E-state index in [0.717, 1.165) is 5.57 Å². The van der Waals surface area contributed by atoms with E-state index in [2.05, 4.69) is 0 Å². The molecule has 2 aliphatic heterocycles. The highest BCUT2D eigenvalue weighted by Gasteiger charge is 2.56. The van der Waals surface area contributed by atoms with Crippen molar-refractivity contribution in [2.24, 2.45) is 5.92 Å². The highest BCUT2D eigenvalue weighted by atomic mass is 16.7. The minimum atomic E-state index is -1.62. The molecule has 6 nitrogen and oxygen atoms in total. The van der Waals surface area contributed by atoms with Crippen molar-refractivity contribution in [2.75, 3.05) is 0 Å². The van der Waals surface area contributed by atoms with Gasteiger partial charge in [-0.15, -0.1) is 0 Å². The Balaban J connectivity index is 2.19. The third-order valence-electron chi connectivity index (χ3n) is 5.47. The zero-order chi connectivity index (χ0) is 21.7. The van der Waals surface area contributed by atoms with Crippen LogP contribution in [0, 0.1) is 5.92 Å². The van der Waals surface area contributed by atoms with Crippen LogP contribution in [0.4, 0.5) is 0 Å². The number of ketones is 2. The molecule has 29 heavy (non-hydrogen) atoms. The average molecular weight is 400 g/mol. The highest BCUT2D eigenvalue weighted by Crippen LogP contribution is 2.52. The topological polar surface area (TPSA) is 93.1 Å². The summed E-state index contributed by atoms with van der Waals surface area (Å²) in [6.07, 6.45) is 2.62. The summed E-state index contributed by atoms with van der Waals surface area (Å²) in [4.78, 5) is 25.9. The first kappa shape index (κ1) is 21.0. The van der Waals surface area contributed by atoms with Crippen molar-refractivity contribution < 1.29 is 29.3 Å². The summed E-state index contributed by atoms with van der Waals surface area (Å²) >= 11 is 0. The highest BCUT2D eigenvalue weighted by molar-refractivity contribution is 6.07. The maximum Gasteiger partial charge on any atom is 0.319 e. The fourth-order valence-corrected chi connectivity index (χ4v) is 3.79. The van der Waals surface area contributed by atoms with Crippen molar-refractivity contribution in [1.29, 1.82) is 0 Å². The molecule has 1 spiro atoms. The number of hydrogen-bond acceptors (Lipinski definition) is 6. The van der Waals surface area contributed by atoms with Crippen LogP contribution in [0.5, 0.6) is 17.2 Å². The molecule has 0 fully saturated rings. The molecule has 2 aliphatic rings. The predicted molar refractivity (Wildman–Crippen MR) is 108 cm³/mol. The van der Waals surface area contributed by atoms with Crippen LogP contribution in [0.3, 0.4) is 0 Å². The molecule has 156 valence electrons. The van der Waals surface area contributed by atoms with E-state index in [-0.39, 0.29) is 52.8 Å². The normalized spacial score (nSPS) is 20.2. The number of phenols is 2. The number of aromatic hydroxyl groups is 2. The Morgan fingerprint density at radius 2 is 1.86 bits per heavy atom. The predicted octanol–water partition coefficient (Wildman–Crippen LogP) is 4.36. The van der Waals surface area contributed by atoms with Gasteiger partial charge < -0.3 is 19.7 Å². The van der Waals surface area contributed by atoms with Crippen LogP contribution >= 0.6 is 0 Å². The van der Waals surface area contributed by atoms with Gasteiger partial charge in [-0.25, -0.2) is 0 Å². The van der Waals surface area contributed by atoms with Gasteiger partial charge in [-0.3, -0.25) is 9.59 Å². The van der Waals surface area contributed by atoms with E-state index in [9.17, 15) is 19.8 Å². The molecule has 1 atom stereocenters. The molecule has 3 rings (SSSR count). The zero-order valence-electron chi connectivity index (χ0n) is 17.8. The Kier molecular flexibility index (Phi) is 5.24. The number of benzene rings is 1. The summed E-state index contributed by atoms with van der Waals surface area (Å²) in [5, 5.41) is 21.8. The van der Waals surface area contributed by atoms with Crippen molar-refractivity contribution in [3.05, 3.63) is 39.7 Å². The smallest absolute Gasteiger partial charge is 0.319 e. The van der Waals surface area contributed by atoms with Crippen molar-refractivity contribution in [3.63, 3.8) is 0 Å². The summed E-state index contributed by atoms with van der Waals surface area (Å²) in [5.74, 6) is -2.56. The Hall–Kier alpha value is -2.76. The van der Waals surface area contributed by atoms with Gasteiger partial charge >= 0.3 is 5.79 Å². The van der Waals surface area contributed by atoms with Crippen molar-refractivity contribution in [3.8, 4) is 17.2 Å². The standard InChI is InChI=1S/C23H28O6/c1-7-16-13(6)22(27)23(28-16)10-15-19(25)14(9-8-11(2)3)20(26)17(21(15)29-23)18(24)12(4)5/h8,12,25-26H,7,9-10H2,1-6H3. The van der Waals surface area contributed by atoms with Gasteiger partial charge in [-0.2, -0.15) is 0 Å². The Bertz CT molecular complexity index is 962. The molecule has 1 unspecified atom stereocenters. The number of fused-ring (bicyclic) bond motifs is 1. The molecular formula is C23H28O6. The first-order valence-electron chi connectivity index (χ1n) is 9.93. The fourth-order valence-electron chi connectivity index (χ4n) is 3.79. The summed E-state index contributed by atoms with van der Waals surface area (Å²) in [7, 11) is 0. The van der Waals surface area contributed by atoms with Gasteiger partial charge in [0.05, 0.1) is 6.42 Å². The SMILES string of the molecule is CCC1=C(C)C(=O)C2(Cc3c(O)c(CC=C(C)C)c(O)c(C(=O)C(C)C)c3O2)O1. The number of carbonyl (C=O) groups excluding carboxylic acids is 2. The van der Waals surface area contributed by atoms with Crippen LogP contribution in [0.2, 0.25) is 0 Å². The lowest BCUT2D eigenvalue weighted by molar-refractivity contribution is -0.161. The van der Waals surface area contributed by atoms with Gasteiger partial charge in [0.2, 0.25) is 5.78 Å². The number of Topliss-reactive ketones (excluding diaryl/α,β-unsaturated/α-hetero) is 2. The largest absolute Gasteiger partial charge is 0.507 e. The van der Waals surface area contributed by atoms with Crippen LogP contribution in [0.25, 0.3) is 0 Å². The van der Waals surface area contributed by atoms with Crippen LogP contribution in [-0.2, 0) is 22.4 Å². The van der Waals surface area contributed by atoms with Crippen LogP contribution in [0.15, 0.2) is 23.0 Å². The molecule has 0 bridgehead atoms. The minimum absolute atomic E-state index is 0.000771. The van der Waals surface area contributed by atoms with Crippen LogP contribution < -0.4 is 4.74 Å². The fraction of sp³-hybridized carbons (Fsp3) is 0.478. The maximum atomic E-state index is 12.9. The number of rotatable bonds is 5. The van der Waals surface area contributed by atoms with E-state index in [1.807, 2.05) is 26.8 Å². The molecule has 0 saturated carbocycles. The molecule has 0 saturated heterocycles. The molecule has 2 N–H and O–H groups in total. The molecule has 1 aromatic carbocycles. The molecule has 0 radical (unpaired) electrons. The molecular weight excluding hydrogens is 372 g/mol. The molecule has 1 aromatic rings. The lowest BCUT2D eigenvalue weighted by Gasteiger charge is -2.23. The minimum Gasteiger partial charge on any atom is -0.507 e. The van der Waals surface area contributed by atoms with Gasteiger partial charge in [-0.05, 0) is 27.2 Å². The van der Waals surface area contributed by atoms with E-state index < -0.39 is 11.7 Å². The summed E-state index contributed by atoms with van der Waals surface area (Å²) in [6, 6.07) is 0. The average Bonchev–Trinajstić information content (AvgIpc) is 3.14. The quantitative estimate of drug-likeness (QED) is 0.563. The van der Waals surface area contributed by atoms with E-state index in [0.29, 0.717) is 23.3 Å². The number of allylic oxidation sites excluding steroid dienone is 3. The molecule has 0 aromatic heterocycles. The second kappa shape index (κ2) is 7.25. The Labute approximate surface area is 170 Å². The molecule has 2 heterocycles. The first-order valence-corrected chi connectivity index (χ1v) is 9.93. The van der Waals surface area contributed by atoms with Crippen molar-refractivity contribution >= 4 is 11.6 Å². The molecule has 0 amide bonds. The summed E-state index contributed by atoms with van der Waals surface area (Å²) < 4.78 is 11.8. The number of carbonyl (C=O) groups is 2. The zero-order valence-corrected chi connectivity index (χ0v) is 17.8.